The average molecular weight is 344 g/mol. The summed E-state index contributed by atoms with van der Waals surface area (Å²) < 4.78 is 6.88. The van der Waals surface area contributed by atoms with Crippen LogP contribution in [0.5, 0.6) is 0 Å². The second-order valence-corrected chi connectivity index (χ2v) is 7.14. The maximum atomic E-state index is 12.9. The van der Waals surface area contributed by atoms with Crippen molar-refractivity contribution in [1.29, 1.82) is 0 Å². The molecule has 0 unspecified atom stereocenters. The Kier molecular flexibility index (Phi) is 4.11. The zero-order valence-electron chi connectivity index (χ0n) is 14.7. The Hall–Kier alpha value is -2.15. The maximum Gasteiger partial charge on any atom is 0.275 e. The molecule has 0 aliphatic carbocycles. The number of rotatable bonds is 2. The average Bonchev–Trinajstić information content (AvgIpc) is 3.29. The van der Waals surface area contributed by atoms with Gasteiger partial charge in [-0.1, -0.05) is 0 Å². The van der Waals surface area contributed by atoms with Gasteiger partial charge in [0.05, 0.1) is 24.3 Å². The molecule has 0 radical (unpaired) electrons. The van der Waals surface area contributed by atoms with Crippen LogP contribution in [0.15, 0.2) is 10.9 Å². The van der Waals surface area contributed by atoms with Gasteiger partial charge in [-0.15, -0.1) is 0 Å². The molecule has 2 atom stereocenters. The third kappa shape index (κ3) is 2.76. The number of aryl methyl sites for hydroxylation is 1. The van der Waals surface area contributed by atoms with E-state index in [1.807, 2.05) is 17.9 Å². The summed E-state index contributed by atoms with van der Waals surface area (Å²) in [5, 5.41) is 3.19. The van der Waals surface area contributed by atoms with Crippen molar-refractivity contribution in [3.05, 3.63) is 33.4 Å². The first-order chi connectivity index (χ1) is 12.1. The number of likely N-dealkylation sites (tertiary alicyclic amines) is 1. The van der Waals surface area contributed by atoms with E-state index in [2.05, 4.69) is 10.1 Å². The molecule has 2 saturated heterocycles. The number of carbonyl (C=O) groups is 1. The minimum atomic E-state index is -0.0772. The molecule has 0 bridgehead atoms. The summed E-state index contributed by atoms with van der Waals surface area (Å²) in [6.07, 6.45) is 3.80. The summed E-state index contributed by atoms with van der Waals surface area (Å²) in [5.74, 6) is 0.142. The number of carbonyl (C=O) groups excluding carboxylic acids is 1. The van der Waals surface area contributed by atoms with E-state index in [4.69, 9.17) is 4.74 Å². The molecule has 2 aliphatic rings. The Labute approximate surface area is 146 Å². The number of piperidine rings is 1. The number of fused-ring (bicyclic) bond motifs is 1. The molecule has 0 aromatic carbocycles. The summed E-state index contributed by atoms with van der Waals surface area (Å²) in [7, 11) is 0. The van der Waals surface area contributed by atoms with Gasteiger partial charge in [0, 0.05) is 30.5 Å². The molecule has 134 valence electrons. The molecule has 2 aliphatic heterocycles. The van der Waals surface area contributed by atoms with Gasteiger partial charge in [-0.05, 0) is 39.5 Å². The topological polar surface area (TPSA) is 79.7 Å². The van der Waals surface area contributed by atoms with Crippen molar-refractivity contribution in [1.82, 2.24) is 19.5 Å². The van der Waals surface area contributed by atoms with Gasteiger partial charge in [-0.25, -0.2) is 9.50 Å². The van der Waals surface area contributed by atoms with E-state index >= 15 is 0 Å². The van der Waals surface area contributed by atoms with Crippen LogP contribution in [0.1, 0.15) is 48.7 Å². The molecule has 1 N–H and O–H groups in total. The Morgan fingerprint density at radius 2 is 2.16 bits per heavy atom. The van der Waals surface area contributed by atoms with Crippen LogP contribution in [0.25, 0.3) is 5.65 Å². The fourth-order valence-corrected chi connectivity index (χ4v) is 3.89. The number of aromatic nitrogens is 3. The molecule has 7 heteroatoms. The van der Waals surface area contributed by atoms with E-state index in [1.165, 1.54) is 4.52 Å². The first-order valence-corrected chi connectivity index (χ1v) is 9.03. The van der Waals surface area contributed by atoms with Crippen molar-refractivity contribution >= 4 is 11.6 Å². The van der Waals surface area contributed by atoms with Gasteiger partial charge < -0.3 is 9.64 Å². The summed E-state index contributed by atoms with van der Waals surface area (Å²) >= 11 is 0. The van der Waals surface area contributed by atoms with Crippen molar-refractivity contribution < 1.29 is 9.53 Å². The van der Waals surface area contributed by atoms with Crippen molar-refractivity contribution in [2.45, 2.75) is 45.6 Å². The molecule has 0 saturated carbocycles. The maximum absolute atomic E-state index is 12.9. The summed E-state index contributed by atoms with van der Waals surface area (Å²) in [4.78, 5) is 31.9. The largest absolute Gasteiger partial charge is 0.381 e. The fraction of sp³-hybridized carbons (Fsp3) is 0.611. The highest BCUT2D eigenvalue weighted by Gasteiger charge is 2.35. The summed E-state index contributed by atoms with van der Waals surface area (Å²) in [6.45, 7) is 5.58. The number of H-pyrrole nitrogens is 1. The van der Waals surface area contributed by atoms with E-state index in [1.54, 1.807) is 6.92 Å². The molecule has 7 nitrogen and oxygen atoms in total. The van der Waals surface area contributed by atoms with Crippen LogP contribution in [0, 0.1) is 19.8 Å². The van der Waals surface area contributed by atoms with E-state index in [-0.39, 0.29) is 23.4 Å². The van der Waals surface area contributed by atoms with Gasteiger partial charge in [0.25, 0.3) is 5.56 Å². The lowest BCUT2D eigenvalue weighted by atomic mass is 9.96. The van der Waals surface area contributed by atoms with Crippen LogP contribution in [-0.2, 0) is 9.53 Å². The number of ether oxygens (including phenoxy) is 1. The first kappa shape index (κ1) is 16.3. The second kappa shape index (κ2) is 6.29. The van der Waals surface area contributed by atoms with Crippen molar-refractivity contribution in [3.8, 4) is 0 Å². The molecule has 2 aromatic heterocycles. The monoisotopic (exact) mass is 344 g/mol. The number of nitrogens with zero attached hydrogens (tertiary/aromatic N) is 3. The van der Waals surface area contributed by atoms with Gasteiger partial charge in [0.2, 0.25) is 5.91 Å². The van der Waals surface area contributed by atoms with Crippen LogP contribution in [-0.4, -0.2) is 45.2 Å². The Morgan fingerprint density at radius 3 is 2.92 bits per heavy atom. The Morgan fingerprint density at radius 1 is 1.32 bits per heavy atom. The standard InChI is InChI=1S/C18H24N4O3/c1-11-12(2)19-16-9-14(20-22(16)17(11)23)15-5-3-4-7-21(15)18(24)13-6-8-25-10-13/h9,13,15,20H,3-8,10H2,1-2H3/t13-,15-/m0/s1. The van der Waals surface area contributed by atoms with Crippen LogP contribution in [0.4, 0.5) is 0 Å². The zero-order valence-corrected chi connectivity index (χ0v) is 14.7. The number of hydrogen-bond acceptors (Lipinski definition) is 4. The van der Waals surface area contributed by atoms with Crippen molar-refractivity contribution in [2.75, 3.05) is 19.8 Å². The molecular formula is C18H24N4O3. The molecule has 25 heavy (non-hydrogen) atoms. The van der Waals surface area contributed by atoms with Gasteiger partial charge in [-0.2, -0.15) is 0 Å². The first-order valence-electron chi connectivity index (χ1n) is 9.03. The number of nitrogens with one attached hydrogen (secondary N) is 1. The van der Waals surface area contributed by atoms with Crippen LogP contribution in [0.2, 0.25) is 0 Å². The van der Waals surface area contributed by atoms with E-state index in [0.29, 0.717) is 24.4 Å². The third-order valence-electron chi connectivity index (χ3n) is 5.53. The molecule has 2 fully saturated rings. The second-order valence-electron chi connectivity index (χ2n) is 7.14. The van der Waals surface area contributed by atoms with E-state index < -0.39 is 0 Å². The molecule has 2 aromatic rings. The SMILES string of the molecule is Cc1nc2cc([C@@H]3CCCCN3C(=O)[C@H]3CCOC3)[nH]n2c(=O)c1C. The fourth-order valence-electron chi connectivity index (χ4n) is 3.89. The Balaban J connectivity index is 1.71. The highest BCUT2D eigenvalue weighted by molar-refractivity contribution is 5.79. The lowest BCUT2D eigenvalue weighted by molar-refractivity contribution is -0.139. The molecule has 1 amide bonds. The minimum absolute atomic E-state index is 0.0245. The number of hydrogen-bond donors (Lipinski definition) is 1. The molecular weight excluding hydrogens is 320 g/mol. The van der Waals surface area contributed by atoms with Crippen LogP contribution >= 0.6 is 0 Å². The quantitative estimate of drug-likeness (QED) is 0.900. The molecule has 0 spiro atoms. The number of amides is 1. The highest BCUT2D eigenvalue weighted by Crippen LogP contribution is 2.32. The smallest absolute Gasteiger partial charge is 0.275 e. The van der Waals surface area contributed by atoms with Gasteiger partial charge >= 0.3 is 0 Å². The normalized spacial score (nSPS) is 24.2. The van der Waals surface area contributed by atoms with Crippen LogP contribution < -0.4 is 5.56 Å². The van der Waals surface area contributed by atoms with Gasteiger partial charge in [-0.3, -0.25) is 14.7 Å². The number of aromatic amines is 1. The van der Waals surface area contributed by atoms with Crippen molar-refractivity contribution in [2.24, 2.45) is 5.92 Å². The summed E-state index contributed by atoms with van der Waals surface area (Å²) in [6, 6.07) is 1.89. The predicted octanol–water partition coefficient (Wildman–Crippen LogP) is 1.73. The van der Waals surface area contributed by atoms with E-state index in [9.17, 15) is 9.59 Å². The predicted molar refractivity (Wildman–Crippen MR) is 92.5 cm³/mol. The van der Waals surface area contributed by atoms with Crippen LogP contribution in [0.3, 0.4) is 0 Å². The summed E-state index contributed by atoms with van der Waals surface area (Å²) in [5.41, 5.74) is 2.82. The third-order valence-corrected chi connectivity index (χ3v) is 5.53. The zero-order chi connectivity index (χ0) is 17.6. The lowest BCUT2D eigenvalue weighted by Crippen LogP contribution is -2.42. The highest BCUT2D eigenvalue weighted by atomic mass is 16.5. The van der Waals surface area contributed by atoms with Gasteiger partial charge in [0.15, 0.2) is 5.65 Å². The van der Waals surface area contributed by atoms with Gasteiger partial charge in [0.1, 0.15) is 0 Å². The Bertz CT molecular complexity index is 863. The van der Waals surface area contributed by atoms with Crippen molar-refractivity contribution in [3.63, 3.8) is 0 Å². The minimum Gasteiger partial charge on any atom is -0.381 e. The van der Waals surface area contributed by atoms with E-state index in [0.717, 1.165) is 43.6 Å². The lowest BCUT2D eigenvalue weighted by Gasteiger charge is -2.36. The molecule has 4 heterocycles. The molecule has 4 rings (SSSR count).